The van der Waals surface area contributed by atoms with Crippen LogP contribution < -0.4 is 0 Å². The minimum atomic E-state index is 0.382. The van der Waals surface area contributed by atoms with E-state index in [1.54, 1.807) is 0 Å². The predicted octanol–water partition coefficient (Wildman–Crippen LogP) is 6.56. The van der Waals surface area contributed by atoms with Gasteiger partial charge in [-0.2, -0.15) is 0 Å². The maximum Gasteiger partial charge on any atom is 0.0656 e. The summed E-state index contributed by atoms with van der Waals surface area (Å²) in [4.78, 5) is 4.46. The Morgan fingerprint density at radius 1 is 1.00 bits per heavy atom. The van der Waals surface area contributed by atoms with Crippen molar-refractivity contribution in [1.82, 2.24) is 4.98 Å². The van der Waals surface area contributed by atoms with Gasteiger partial charge in [-0.3, -0.25) is 4.98 Å². The molecule has 0 amide bonds. The first-order chi connectivity index (χ1) is 10.4. The second-order valence-corrected chi connectivity index (χ2v) is 6.99. The van der Waals surface area contributed by atoms with Crippen LogP contribution in [-0.2, 0) is 6.42 Å². The molecular formula is C19H23Cl2N. The first-order valence-electron chi connectivity index (χ1n) is 7.80. The van der Waals surface area contributed by atoms with E-state index >= 15 is 0 Å². The molecule has 22 heavy (non-hydrogen) atoms. The summed E-state index contributed by atoms with van der Waals surface area (Å²) in [5.41, 5.74) is 4.50. The quantitative estimate of drug-likeness (QED) is 0.603. The summed E-state index contributed by atoms with van der Waals surface area (Å²) in [6.07, 6.45) is 3.71. The van der Waals surface area contributed by atoms with Gasteiger partial charge in [-0.05, 0) is 54.4 Å². The van der Waals surface area contributed by atoms with Crippen molar-refractivity contribution in [3.63, 3.8) is 0 Å². The second kappa shape index (κ2) is 7.48. The third kappa shape index (κ3) is 3.83. The third-order valence-corrected chi connectivity index (χ3v) is 5.13. The van der Waals surface area contributed by atoms with E-state index in [1.165, 1.54) is 11.1 Å². The highest BCUT2D eigenvalue weighted by Gasteiger charge is 2.14. The van der Waals surface area contributed by atoms with Gasteiger partial charge in [0, 0.05) is 11.2 Å². The first kappa shape index (κ1) is 17.3. The van der Waals surface area contributed by atoms with Gasteiger partial charge in [0.05, 0.1) is 10.7 Å². The summed E-state index contributed by atoms with van der Waals surface area (Å²) in [5.74, 6) is 0.797. The molecular weight excluding hydrogens is 313 g/mol. The molecule has 0 aliphatic carbocycles. The molecule has 0 fully saturated rings. The molecule has 3 heteroatoms. The van der Waals surface area contributed by atoms with Crippen LogP contribution in [0.4, 0.5) is 0 Å². The summed E-state index contributed by atoms with van der Waals surface area (Å²) < 4.78 is 0. The van der Waals surface area contributed by atoms with Crippen molar-refractivity contribution in [2.24, 2.45) is 0 Å². The van der Waals surface area contributed by atoms with Crippen molar-refractivity contribution >= 4 is 23.2 Å². The largest absolute Gasteiger partial charge is 0.260 e. The average molecular weight is 336 g/mol. The van der Waals surface area contributed by atoms with E-state index in [0.717, 1.165) is 34.1 Å². The van der Waals surface area contributed by atoms with Crippen LogP contribution in [0.3, 0.4) is 0 Å². The van der Waals surface area contributed by atoms with Crippen LogP contribution in [0.5, 0.6) is 0 Å². The standard InChI is InChI=1S/C19H23Cl2N/c1-12(2)15-10-11-22-17(19(15)21)9-8-13(3)16-7-5-6-14(4)18(16)20/h5-7,10-13H,8-9H2,1-4H3. The summed E-state index contributed by atoms with van der Waals surface area (Å²) in [7, 11) is 0. The van der Waals surface area contributed by atoms with Gasteiger partial charge in [-0.15, -0.1) is 0 Å². The molecule has 118 valence electrons. The maximum atomic E-state index is 6.50. The van der Waals surface area contributed by atoms with Gasteiger partial charge in [-0.1, -0.05) is 62.2 Å². The van der Waals surface area contributed by atoms with Crippen molar-refractivity contribution in [3.8, 4) is 0 Å². The molecule has 0 aliphatic rings. The minimum Gasteiger partial charge on any atom is -0.260 e. The van der Waals surface area contributed by atoms with E-state index < -0.39 is 0 Å². The molecule has 0 N–H and O–H groups in total. The Hall–Kier alpha value is -1.05. The lowest BCUT2D eigenvalue weighted by atomic mass is 9.93. The Kier molecular flexibility index (Phi) is 5.88. The Morgan fingerprint density at radius 3 is 2.41 bits per heavy atom. The number of hydrogen-bond acceptors (Lipinski definition) is 1. The molecule has 1 heterocycles. The van der Waals surface area contributed by atoms with E-state index in [1.807, 2.05) is 25.3 Å². The molecule has 0 aliphatic heterocycles. The molecule has 1 nitrogen and oxygen atoms in total. The van der Waals surface area contributed by atoms with Crippen LogP contribution in [0.15, 0.2) is 30.5 Å². The van der Waals surface area contributed by atoms with Crippen molar-refractivity contribution in [2.45, 2.75) is 52.4 Å². The van der Waals surface area contributed by atoms with Gasteiger partial charge in [-0.25, -0.2) is 0 Å². The number of halogens is 2. The molecule has 1 aromatic heterocycles. The highest BCUT2D eigenvalue weighted by molar-refractivity contribution is 6.32. The van der Waals surface area contributed by atoms with Gasteiger partial charge >= 0.3 is 0 Å². The van der Waals surface area contributed by atoms with Gasteiger partial charge in [0.1, 0.15) is 0 Å². The Morgan fingerprint density at radius 2 is 1.73 bits per heavy atom. The lowest BCUT2D eigenvalue weighted by molar-refractivity contribution is 0.669. The van der Waals surface area contributed by atoms with E-state index in [9.17, 15) is 0 Å². The summed E-state index contributed by atoms with van der Waals surface area (Å²) in [6, 6.07) is 8.23. The predicted molar refractivity (Wildman–Crippen MR) is 96.3 cm³/mol. The highest BCUT2D eigenvalue weighted by Crippen LogP contribution is 2.32. The van der Waals surface area contributed by atoms with Crippen molar-refractivity contribution < 1.29 is 0 Å². The molecule has 0 saturated heterocycles. The monoisotopic (exact) mass is 335 g/mol. The minimum absolute atomic E-state index is 0.382. The molecule has 0 saturated carbocycles. The Bertz CT molecular complexity index is 650. The zero-order chi connectivity index (χ0) is 16.3. The molecule has 2 rings (SSSR count). The summed E-state index contributed by atoms with van der Waals surface area (Å²) >= 11 is 12.9. The molecule has 1 aromatic carbocycles. The highest BCUT2D eigenvalue weighted by atomic mass is 35.5. The maximum absolute atomic E-state index is 6.50. The third-order valence-electron chi connectivity index (χ3n) is 4.18. The van der Waals surface area contributed by atoms with Crippen molar-refractivity contribution in [1.29, 1.82) is 0 Å². The normalized spacial score (nSPS) is 12.7. The molecule has 1 unspecified atom stereocenters. The number of pyridine rings is 1. The number of hydrogen-bond donors (Lipinski definition) is 0. The van der Waals surface area contributed by atoms with E-state index in [2.05, 4.69) is 37.9 Å². The van der Waals surface area contributed by atoms with Gasteiger partial charge in [0.2, 0.25) is 0 Å². The lowest BCUT2D eigenvalue weighted by Crippen LogP contribution is -2.02. The zero-order valence-corrected chi connectivity index (χ0v) is 15.2. The fourth-order valence-electron chi connectivity index (χ4n) is 2.68. The number of nitrogens with zero attached hydrogens (tertiary/aromatic N) is 1. The van der Waals surface area contributed by atoms with Crippen LogP contribution in [0, 0.1) is 6.92 Å². The first-order valence-corrected chi connectivity index (χ1v) is 8.55. The average Bonchev–Trinajstić information content (AvgIpc) is 2.48. The summed E-state index contributed by atoms with van der Waals surface area (Å²) in [6.45, 7) is 8.56. The fraction of sp³-hybridized carbons (Fsp3) is 0.421. The van der Waals surface area contributed by atoms with Gasteiger partial charge < -0.3 is 0 Å². The van der Waals surface area contributed by atoms with Crippen LogP contribution in [0.1, 0.15) is 61.4 Å². The van der Waals surface area contributed by atoms with Crippen LogP contribution in [0.2, 0.25) is 10.0 Å². The van der Waals surface area contributed by atoms with Gasteiger partial charge in [0.15, 0.2) is 0 Å². The second-order valence-electron chi connectivity index (χ2n) is 6.23. The zero-order valence-electron chi connectivity index (χ0n) is 13.7. The lowest BCUT2D eigenvalue weighted by Gasteiger charge is -2.16. The molecule has 1 atom stereocenters. The van der Waals surface area contributed by atoms with Crippen molar-refractivity contribution in [3.05, 3.63) is 62.9 Å². The Balaban J connectivity index is 2.13. The van der Waals surface area contributed by atoms with E-state index in [0.29, 0.717) is 11.8 Å². The molecule has 0 spiro atoms. The number of rotatable bonds is 5. The SMILES string of the molecule is Cc1cccc(C(C)CCc2nccc(C(C)C)c2Cl)c1Cl. The fourth-order valence-corrected chi connectivity index (χ4v) is 3.42. The number of benzene rings is 1. The van der Waals surface area contributed by atoms with Crippen LogP contribution >= 0.6 is 23.2 Å². The molecule has 0 bridgehead atoms. The van der Waals surface area contributed by atoms with E-state index in [-0.39, 0.29) is 0 Å². The molecule has 0 radical (unpaired) electrons. The molecule has 2 aromatic rings. The Labute approximate surface area is 143 Å². The van der Waals surface area contributed by atoms with E-state index in [4.69, 9.17) is 23.2 Å². The van der Waals surface area contributed by atoms with Crippen LogP contribution in [-0.4, -0.2) is 4.98 Å². The topological polar surface area (TPSA) is 12.9 Å². The number of aromatic nitrogens is 1. The smallest absolute Gasteiger partial charge is 0.0656 e. The van der Waals surface area contributed by atoms with Crippen molar-refractivity contribution in [2.75, 3.05) is 0 Å². The van der Waals surface area contributed by atoms with Crippen LogP contribution in [0.25, 0.3) is 0 Å². The van der Waals surface area contributed by atoms with Gasteiger partial charge in [0.25, 0.3) is 0 Å². The summed E-state index contributed by atoms with van der Waals surface area (Å²) in [5, 5.41) is 1.70. The number of aryl methyl sites for hydroxylation is 2.